The molecule has 11 aromatic rings. The Kier molecular flexibility index (Phi) is 6.95. The smallest absolute Gasteiger partial charge is 0.104 e. The van der Waals surface area contributed by atoms with Gasteiger partial charge in [0.2, 0.25) is 0 Å². The minimum atomic E-state index is 0.432. The minimum Gasteiger partial charge on any atom is -0.308 e. The largest absolute Gasteiger partial charge is 0.308 e. The SMILES string of the molecule is N#Cc1ccc(-n2c3ccc(-c4ccccc4)cc3c3c4ccccc4ccc32)c(C#N)c1-n1c2ccc(-c3ccccc3)cc2c2c3ccccc3ccc21. The molecule has 11 rings (SSSR count). The van der Waals surface area contributed by atoms with Crippen molar-refractivity contribution >= 4 is 65.2 Å². The molecule has 9 aromatic carbocycles. The van der Waals surface area contributed by atoms with Crippen LogP contribution in [-0.2, 0) is 0 Å². The van der Waals surface area contributed by atoms with E-state index in [1.54, 1.807) is 0 Å². The zero-order chi connectivity index (χ0) is 37.3. The fraction of sp³-hybridized carbons (Fsp3) is 0. The summed E-state index contributed by atoms with van der Waals surface area (Å²) in [7, 11) is 0. The lowest BCUT2D eigenvalue weighted by Gasteiger charge is -2.17. The molecule has 0 saturated heterocycles. The number of fused-ring (bicyclic) bond motifs is 10. The van der Waals surface area contributed by atoms with Crippen molar-refractivity contribution in [3.8, 4) is 45.8 Å². The van der Waals surface area contributed by atoms with Crippen molar-refractivity contribution in [3.05, 3.63) is 193 Å². The van der Waals surface area contributed by atoms with Crippen molar-refractivity contribution in [2.45, 2.75) is 0 Å². The van der Waals surface area contributed by atoms with Crippen molar-refractivity contribution in [1.82, 2.24) is 9.13 Å². The maximum atomic E-state index is 11.3. The van der Waals surface area contributed by atoms with Crippen LogP contribution in [0, 0.1) is 22.7 Å². The van der Waals surface area contributed by atoms with Gasteiger partial charge in [0.25, 0.3) is 0 Å². The maximum Gasteiger partial charge on any atom is 0.104 e. The molecule has 4 heteroatoms. The number of nitriles is 2. The third kappa shape index (κ3) is 4.57. The summed E-state index contributed by atoms with van der Waals surface area (Å²) in [5, 5.41) is 31.1. The summed E-state index contributed by atoms with van der Waals surface area (Å²) >= 11 is 0. The van der Waals surface area contributed by atoms with Crippen molar-refractivity contribution in [3.63, 3.8) is 0 Å². The van der Waals surface area contributed by atoms with E-state index in [0.29, 0.717) is 16.8 Å². The summed E-state index contributed by atoms with van der Waals surface area (Å²) in [6, 6.07) is 68.4. The van der Waals surface area contributed by atoms with Gasteiger partial charge in [0, 0.05) is 21.5 Å². The monoisotopic (exact) mass is 710 g/mol. The highest BCUT2D eigenvalue weighted by Gasteiger charge is 2.25. The molecule has 56 heavy (non-hydrogen) atoms. The third-order valence-corrected chi connectivity index (χ3v) is 11.4. The number of nitrogens with zero attached hydrogens (tertiary/aromatic N) is 4. The molecule has 4 nitrogen and oxygen atoms in total. The average Bonchev–Trinajstić information content (AvgIpc) is 3.78. The molecule has 0 N–H and O–H groups in total. The lowest BCUT2D eigenvalue weighted by atomic mass is 10.0. The number of hydrogen-bond donors (Lipinski definition) is 0. The number of hydrogen-bond acceptors (Lipinski definition) is 2. The molecule has 0 unspecified atom stereocenters. The maximum absolute atomic E-state index is 11.3. The first-order valence-electron chi connectivity index (χ1n) is 18.7. The van der Waals surface area contributed by atoms with Gasteiger partial charge in [0.1, 0.15) is 17.7 Å². The predicted octanol–water partition coefficient (Wildman–Crippen LogP) is 13.3. The first-order chi connectivity index (χ1) is 27.7. The van der Waals surface area contributed by atoms with Crippen LogP contribution in [0.4, 0.5) is 0 Å². The van der Waals surface area contributed by atoms with Crippen LogP contribution in [0.2, 0.25) is 0 Å². The van der Waals surface area contributed by atoms with E-state index in [0.717, 1.165) is 93.1 Å². The second kappa shape index (κ2) is 12.3. The Morgan fingerprint density at radius 2 is 0.839 bits per heavy atom. The standard InChI is InChI=1S/C52H30N4/c53-31-39-23-26-47(55-45-24-21-37(33-11-3-1-4-12-33)29-42(45)50-40-17-9-7-15-35(40)19-27-48(50)55)44(32-54)52(39)56-46-25-22-38(34-13-5-2-6-14-34)30-43(46)51-41-18-10-8-16-36(41)20-28-49(51)56/h1-30H. The van der Waals surface area contributed by atoms with Crippen molar-refractivity contribution in [2.24, 2.45) is 0 Å². The van der Waals surface area contributed by atoms with E-state index in [-0.39, 0.29) is 0 Å². The zero-order valence-corrected chi connectivity index (χ0v) is 30.1. The summed E-state index contributed by atoms with van der Waals surface area (Å²) < 4.78 is 4.36. The van der Waals surface area contributed by atoms with E-state index in [1.165, 1.54) is 0 Å². The van der Waals surface area contributed by atoms with E-state index < -0.39 is 0 Å². The van der Waals surface area contributed by atoms with Gasteiger partial charge in [-0.1, -0.05) is 133 Å². The van der Waals surface area contributed by atoms with Gasteiger partial charge < -0.3 is 9.13 Å². The molecule has 0 radical (unpaired) electrons. The Labute approximate surface area is 322 Å². The summed E-state index contributed by atoms with van der Waals surface area (Å²) in [5.41, 5.74) is 10.5. The van der Waals surface area contributed by atoms with E-state index >= 15 is 0 Å². The first kappa shape index (κ1) is 31.6. The zero-order valence-electron chi connectivity index (χ0n) is 30.1. The summed E-state index contributed by atoms with van der Waals surface area (Å²) in [4.78, 5) is 0. The summed E-state index contributed by atoms with van der Waals surface area (Å²) in [5.74, 6) is 0. The van der Waals surface area contributed by atoms with Crippen LogP contribution in [0.1, 0.15) is 11.1 Å². The normalized spacial score (nSPS) is 11.5. The Hall–Kier alpha value is -7.92. The fourth-order valence-electron chi connectivity index (χ4n) is 8.90. The lowest BCUT2D eigenvalue weighted by molar-refractivity contribution is 1.11. The average molecular weight is 711 g/mol. The molecule has 0 fully saturated rings. The van der Waals surface area contributed by atoms with Gasteiger partial charge in [-0.25, -0.2) is 0 Å². The van der Waals surface area contributed by atoms with Crippen molar-refractivity contribution < 1.29 is 0 Å². The summed E-state index contributed by atoms with van der Waals surface area (Å²) in [6.07, 6.45) is 0. The lowest BCUT2D eigenvalue weighted by Crippen LogP contribution is -2.06. The van der Waals surface area contributed by atoms with Crippen LogP contribution >= 0.6 is 0 Å². The molecule has 258 valence electrons. The van der Waals surface area contributed by atoms with Crippen molar-refractivity contribution in [2.75, 3.05) is 0 Å². The molecule has 0 atom stereocenters. The highest BCUT2D eigenvalue weighted by atomic mass is 15.0. The highest BCUT2D eigenvalue weighted by Crippen LogP contribution is 2.43. The van der Waals surface area contributed by atoms with Gasteiger partial charge in [0.15, 0.2) is 0 Å². The molecule has 2 heterocycles. The van der Waals surface area contributed by atoms with E-state index in [1.807, 2.05) is 24.3 Å². The van der Waals surface area contributed by atoms with E-state index in [9.17, 15) is 10.5 Å². The topological polar surface area (TPSA) is 57.4 Å². The van der Waals surface area contributed by atoms with Gasteiger partial charge in [-0.15, -0.1) is 0 Å². The quantitative estimate of drug-likeness (QED) is 0.183. The second-order valence-electron chi connectivity index (χ2n) is 14.3. The number of benzene rings is 9. The van der Waals surface area contributed by atoms with Gasteiger partial charge in [-0.2, -0.15) is 10.5 Å². The molecule has 0 aliphatic rings. The van der Waals surface area contributed by atoms with Crippen LogP contribution in [0.5, 0.6) is 0 Å². The Balaban J connectivity index is 1.26. The highest BCUT2D eigenvalue weighted by molar-refractivity contribution is 6.23. The van der Waals surface area contributed by atoms with Crippen LogP contribution in [-0.4, -0.2) is 9.13 Å². The van der Waals surface area contributed by atoms with Crippen molar-refractivity contribution in [1.29, 1.82) is 10.5 Å². The summed E-state index contributed by atoms with van der Waals surface area (Å²) in [6.45, 7) is 0. The minimum absolute atomic E-state index is 0.432. The molecule has 0 saturated carbocycles. The molecular weight excluding hydrogens is 681 g/mol. The fourth-order valence-corrected chi connectivity index (χ4v) is 8.90. The van der Waals surface area contributed by atoms with E-state index in [4.69, 9.17) is 0 Å². The Morgan fingerprint density at radius 1 is 0.357 bits per heavy atom. The molecular formula is C52H30N4. The number of aromatic nitrogens is 2. The third-order valence-electron chi connectivity index (χ3n) is 11.4. The molecule has 2 aromatic heterocycles. The Bertz CT molecular complexity index is 3480. The second-order valence-corrected chi connectivity index (χ2v) is 14.3. The molecule has 0 aliphatic heterocycles. The molecule has 0 amide bonds. The predicted molar refractivity (Wildman–Crippen MR) is 230 cm³/mol. The van der Waals surface area contributed by atoms with Gasteiger partial charge in [0.05, 0.1) is 39.0 Å². The van der Waals surface area contributed by atoms with Gasteiger partial charge in [-0.3, -0.25) is 0 Å². The van der Waals surface area contributed by atoms with E-state index in [2.05, 4.69) is 179 Å². The molecule has 0 aliphatic carbocycles. The van der Waals surface area contributed by atoms with Crippen LogP contribution in [0.15, 0.2) is 182 Å². The Morgan fingerprint density at radius 3 is 1.38 bits per heavy atom. The number of rotatable bonds is 4. The van der Waals surface area contributed by atoms with Gasteiger partial charge >= 0.3 is 0 Å². The van der Waals surface area contributed by atoms with Crippen LogP contribution in [0.3, 0.4) is 0 Å². The molecule has 0 bridgehead atoms. The van der Waals surface area contributed by atoms with Crippen LogP contribution in [0.25, 0.3) is 98.8 Å². The van der Waals surface area contributed by atoms with Gasteiger partial charge in [-0.05, 0) is 92.3 Å². The van der Waals surface area contributed by atoms with Crippen LogP contribution < -0.4 is 0 Å². The molecule has 0 spiro atoms. The first-order valence-corrected chi connectivity index (χ1v) is 18.7.